The molecule has 1 saturated carbocycles. The minimum atomic E-state index is -0.537. The Labute approximate surface area is 127 Å². The van der Waals surface area contributed by atoms with Crippen LogP contribution in [-0.2, 0) is 9.53 Å². The molecule has 0 aromatic heterocycles. The SMILES string of the molecule is CC1(C)CN(C(=O)OC(C)(C)C)CC(=O)N(C2CCC2)C1. The van der Waals surface area contributed by atoms with Gasteiger partial charge in [-0.05, 0) is 40.0 Å². The summed E-state index contributed by atoms with van der Waals surface area (Å²) < 4.78 is 5.43. The van der Waals surface area contributed by atoms with Crippen LogP contribution in [0.5, 0.6) is 0 Å². The summed E-state index contributed by atoms with van der Waals surface area (Å²) in [6, 6.07) is 0.371. The van der Waals surface area contributed by atoms with Crippen LogP contribution in [-0.4, -0.2) is 53.1 Å². The highest BCUT2D eigenvalue weighted by Crippen LogP contribution is 2.31. The standard InChI is InChI=1S/C16H28N2O3/c1-15(2,3)21-14(20)17-9-13(19)18(12-7-6-8-12)11-16(4,5)10-17/h12H,6-11H2,1-5H3. The Morgan fingerprint density at radius 1 is 1.24 bits per heavy atom. The average molecular weight is 296 g/mol. The monoisotopic (exact) mass is 296 g/mol. The van der Waals surface area contributed by atoms with Crippen molar-refractivity contribution in [2.24, 2.45) is 5.41 Å². The molecule has 0 N–H and O–H groups in total. The van der Waals surface area contributed by atoms with E-state index in [0.29, 0.717) is 12.6 Å². The third kappa shape index (κ3) is 4.11. The largest absolute Gasteiger partial charge is 0.444 e. The van der Waals surface area contributed by atoms with Crippen molar-refractivity contribution in [1.29, 1.82) is 0 Å². The van der Waals surface area contributed by atoms with Gasteiger partial charge in [-0.25, -0.2) is 4.79 Å². The van der Waals surface area contributed by atoms with E-state index >= 15 is 0 Å². The fourth-order valence-electron chi connectivity index (χ4n) is 2.91. The van der Waals surface area contributed by atoms with Gasteiger partial charge in [0, 0.05) is 24.5 Å². The number of ether oxygens (including phenoxy) is 1. The van der Waals surface area contributed by atoms with Crippen LogP contribution in [0.15, 0.2) is 0 Å². The van der Waals surface area contributed by atoms with Gasteiger partial charge in [0.25, 0.3) is 0 Å². The summed E-state index contributed by atoms with van der Waals surface area (Å²) >= 11 is 0. The van der Waals surface area contributed by atoms with Gasteiger partial charge in [-0.2, -0.15) is 0 Å². The number of hydrogen-bond donors (Lipinski definition) is 0. The molecule has 2 rings (SSSR count). The smallest absolute Gasteiger partial charge is 0.410 e. The minimum absolute atomic E-state index is 0.0520. The van der Waals surface area contributed by atoms with Gasteiger partial charge < -0.3 is 9.64 Å². The minimum Gasteiger partial charge on any atom is -0.444 e. The maximum absolute atomic E-state index is 12.5. The van der Waals surface area contributed by atoms with Crippen LogP contribution in [0.2, 0.25) is 0 Å². The van der Waals surface area contributed by atoms with Crippen LogP contribution in [0.3, 0.4) is 0 Å². The lowest BCUT2D eigenvalue weighted by Crippen LogP contribution is -2.48. The normalized spacial score (nSPS) is 23.6. The molecule has 2 fully saturated rings. The lowest BCUT2D eigenvalue weighted by atomic mass is 9.87. The van der Waals surface area contributed by atoms with Gasteiger partial charge in [0.15, 0.2) is 0 Å². The molecule has 0 atom stereocenters. The van der Waals surface area contributed by atoms with Gasteiger partial charge >= 0.3 is 6.09 Å². The molecule has 1 heterocycles. The maximum atomic E-state index is 12.5. The lowest BCUT2D eigenvalue weighted by molar-refractivity contribution is -0.135. The highest BCUT2D eigenvalue weighted by Gasteiger charge is 2.40. The van der Waals surface area contributed by atoms with E-state index in [9.17, 15) is 9.59 Å². The van der Waals surface area contributed by atoms with Crippen LogP contribution in [0, 0.1) is 5.41 Å². The van der Waals surface area contributed by atoms with E-state index in [4.69, 9.17) is 4.74 Å². The molecule has 1 aliphatic heterocycles. The van der Waals surface area contributed by atoms with Crippen molar-refractivity contribution in [3.8, 4) is 0 Å². The first kappa shape index (κ1) is 16.1. The number of amides is 2. The highest BCUT2D eigenvalue weighted by molar-refractivity contribution is 5.83. The van der Waals surface area contributed by atoms with E-state index in [1.165, 1.54) is 6.42 Å². The van der Waals surface area contributed by atoms with E-state index in [-0.39, 0.29) is 24.0 Å². The molecule has 120 valence electrons. The van der Waals surface area contributed by atoms with Crippen molar-refractivity contribution in [3.63, 3.8) is 0 Å². The molecule has 0 aromatic rings. The zero-order valence-corrected chi connectivity index (χ0v) is 13.9. The van der Waals surface area contributed by atoms with E-state index in [2.05, 4.69) is 13.8 Å². The molecule has 5 nitrogen and oxygen atoms in total. The fourth-order valence-corrected chi connectivity index (χ4v) is 2.91. The van der Waals surface area contributed by atoms with Crippen molar-refractivity contribution in [3.05, 3.63) is 0 Å². The molecule has 0 aromatic carbocycles. The molecular formula is C16H28N2O3. The van der Waals surface area contributed by atoms with Crippen LogP contribution in [0.25, 0.3) is 0 Å². The molecule has 0 unspecified atom stereocenters. The molecule has 1 saturated heterocycles. The molecule has 1 aliphatic carbocycles. The van der Waals surface area contributed by atoms with E-state index in [1.54, 1.807) is 4.90 Å². The topological polar surface area (TPSA) is 49.9 Å². The van der Waals surface area contributed by atoms with Crippen LogP contribution < -0.4 is 0 Å². The van der Waals surface area contributed by atoms with E-state index < -0.39 is 5.60 Å². The molecule has 0 spiro atoms. The van der Waals surface area contributed by atoms with Crippen molar-refractivity contribution in [1.82, 2.24) is 9.80 Å². The average Bonchev–Trinajstić information content (AvgIpc) is 2.31. The van der Waals surface area contributed by atoms with Gasteiger partial charge in [0.05, 0.1) is 0 Å². The summed E-state index contributed by atoms with van der Waals surface area (Å²) in [6.07, 6.45) is 2.99. The molecule has 2 aliphatic rings. The Bertz CT molecular complexity index is 422. The number of hydrogen-bond acceptors (Lipinski definition) is 3. The van der Waals surface area contributed by atoms with Gasteiger partial charge in [-0.3, -0.25) is 9.69 Å². The van der Waals surface area contributed by atoms with Gasteiger partial charge in [0.2, 0.25) is 5.91 Å². The summed E-state index contributed by atoms with van der Waals surface area (Å²) in [5, 5.41) is 0. The van der Waals surface area contributed by atoms with Crippen molar-refractivity contribution >= 4 is 12.0 Å². The second-order valence-electron chi connectivity index (χ2n) is 8.11. The highest BCUT2D eigenvalue weighted by atomic mass is 16.6. The number of carbonyl (C=O) groups excluding carboxylic acids is 2. The van der Waals surface area contributed by atoms with Gasteiger partial charge in [0.1, 0.15) is 12.1 Å². The summed E-state index contributed by atoms with van der Waals surface area (Å²) in [5.41, 5.74) is -0.650. The zero-order valence-electron chi connectivity index (χ0n) is 13.9. The third-order valence-electron chi connectivity index (χ3n) is 4.03. The first-order chi connectivity index (χ1) is 9.57. The molecule has 0 bridgehead atoms. The summed E-state index contributed by atoms with van der Waals surface area (Å²) in [7, 11) is 0. The number of nitrogens with zero attached hydrogens (tertiary/aromatic N) is 2. The predicted octanol–water partition coefficient (Wildman–Crippen LogP) is 2.64. The molecule has 0 radical (unpaired) electrons. The van der Waals surface area contributed by atoms with Gasteiger partial charge in [-0.1, -0.05) is 13.8 Å². The maximum Gasteiger partial charge on any atom is 0.410 e. The quantitative estimate of drug-likeness (QED) is 0.747. The first-order valence-electron chi connectivity index (χ1n) is 7.85. The molecule has 5 heteroatoms. The second kappa shape index (κ2) is 5.50. The third-order valence-corrected chi connectivity index (χ3v) is 4.03. The Kier molecular flexibility index (Phi) is 4.22. The molecular weight excluding hydrogens is 268 g/mol. The van der Waals surface area contributed by atoms with Gasteiger partial charge in [-0.15, -0.1) is 0 Å². The Morgan fingerprint density at radius 2 is 1.86 bits per heavy atom. The Morgan fingerprint density at radius 3 is 2.33 bits per heavy atom. The van der Waals surface area contributed by atoms with Crippen LogP contribution >= 0.6 is 0 Å². The summed E-state index contributed by atoms with van der Waals surface area (Å²) in [4.78, 5) is 28.3. The van der Waals surface area contributed by atoms with Crippen LogP contribution in [0.4, 0.5) is 4.79 Å². The van der Waals surface area contributed by atoms with E-state index in [1.807, 2.05) is 25.7 Å². The lowest BCUT2D eigenvalue weighted by Gasteiger charge is -2.39. The number of carbonyl (C=O) groups is 2. The first-order valence-corrected chi connectivity index (χ1v) is 7.85. The second-order valence-corrected chi connectivity index (χ2v) is 8.11. The van der Waals surface area contributed by atoms with Crippen molar-refractivity contribution < 1.29 is 14.3 Å². The van der Waals surface area contributed by atoms with Crippen LogP contribution in [0.1, 0.15) is 53.9 Å². The molecule has 21 heavy (non-hydrogen) atoms. The summed E-state index contributed by atoms with van der Waals surface area (Å²) in [6.45, 7) is 11.1. The number of rotatable bonds is 1. The molecule has 2 amide bonds. The predicted molar refractivity (Wildman–Crippen MR) is 80.9 cm³/mol. The van der Waals surface area contributed by atoms with Crippen molar-refractivity contribution in [2.45, 2.75) is 65.5 Å². The Balaban J connectivity index is 2.10. The fraction of sp³-hybridized carbons (Fsp3) is 0.875. The van der Waals surface area contributed by atoms with Crippen molar-refractivity contribution in [2.75, 3.05) is 19.6 Å². The Hall–Kier alpha value is -1.26. The zero-order chi connectivity index (χ0) is 15.8. The summed E-state index contributed by atoms with van der Waals surface area (Å²) in [5.74, 6) is 0.0520. The van der Waals surface area contributed by atoms with E-state index in [0.717, 1.165) is 19.4 Å².